The minimum Gasteiger partial charge on any atom is -0.383 e. The van der Waals surface area contributed by atoms with Crippen molar-refractivity contribution in [3.63, 3.8) is 0 Å². The number of aryl methyl sites for hydroxylation is 1. The summed E-state index contributed by atoms with van der Waals surface area (Å²) in [6.45, 7) is 0.497. The molecule has 11 heteroatoms. The SMILES string of the molecule is C[n+]1cc(-c2cnn3c(N)c(Br)c(NCCCC(=O)NO)nc23)c[nH]1. The van der Waals surface area contributed by atoms with Gasteiger partial charge in [0.05, 0.1) is 23.5 Å². The van der Waals surface area contributed by atoms with Crippen molar-refractivity contribution in [3.8, 4) is 11.1 Å². The van der Waals surface area contributed by atoms with E-state index in [4.69, 9.17) is 10.9 Å². The number of amides is 1. The molecule has 0 saturated carbocycles. The molecule has 0 unspecified atom stereocenters. The van der Waals surface area contributed by atoms with Crippen molar-refractivity contribution in [1.82, 2.24) is 25.2 Å². The molecule has 0 fully saturated rings. The first kappa shape index (κ1) is 17.2. The first-order chi connectivity index (χ1) is 12.0. The molecule has 3 heterocycles. The van der Waals surface area contributed by atoms with Gasteiger partial charge in [-0.05, 0) is 22.4 Å². The van der Waals surface area contributed by atoms with Gasteiger partial charge in [-0.2, -0.15) is 14.7 Å². The largest absolute Gasteiger partial charge is 0.383 e. The Balaban J connectivity index is 1.88. The fourth-order valence-corrected chi connectivity index (χ4v) is 2.83. The Morgan fingerprint density at radius 3 is 3.04 bits per heavy atom. The molecule has 0 radical (unpaired) electrons. The molecule has 25 heavy (non-hydrogen) atoms. The van der Waals surface area contributed by atoms with E-state index in [-0.39, 0.29) is 6.42 Å². The van der Waals surface area contributed by atoms with E-state index in [9.17, 15) is 4.79 Å². The molecule has 0 spiro atoms. The highest BCUT2D eigenvalue weighted by Crippen LogP contribution is 2.31. The number of hydrogen-bond donors (Lipinski definition) is 5. The summed E-state index contributed by atoms with van der Waals surface area (Å²) in [5.41, 5.74) is 10.2. The standard InChI is InChI=1S/C14H17BrN8O2/c1-22-7-8(5-18-22)9-6-19-23-12(16)11(15)13(20-14(9)23)17-4-2-3-10(24)21-25/h5-7H,2-4H2,1H3,(H5,16,17,19,20,21,24,25)/p+1. The van der Waals surface area contributed by atoms with Crippen LogP contribution in [0.5, 0.6) is 0 Å². The second-order valence-corrected chi connectivity index (χ2v) is 6.28. The maximum atomic E-state index is 11.0. The third-order valence-corrected chi connectivity index (χ3v) is 4.47. The van der Waals surface area contributed by atoms with Crippen molar-refractivity contribution in [2.45, 2.75) is 12.8 Å². The zero-order chi connectivity index (χ0) is 18.0. The number of aromatic nitrogens is 5. The number of nitrogens with zero attached hydrogens (tertiary/aromatic N) is 4. The molecule has 1 amide bonds. The van der Waals surface area contributed by atoms with Gasteiger partial charge in [0.2, 0.25) is 12.1 Å². The molecule has 0 aliphatic rings. The van der Waals surface area contributed by atoms with Gasteiger partial charge in [-0.25, -0.2) is 10.5 Å². The molecule has 0 bridgehead atoms. The molecule has 3 rings (SSSR count). The maximum Gasteiger partial charge on any atom is 0.243 e. The zero-order valence-electron chi connectivity index (χ0n) is 13.5. The second-order valence-electron chi connectivity index (χ2n) is 5.49. The Morgan fingerprint density at radius 1 is 1.56 bits per heavy atom. The van der Waals surface area contributed by atoms with Crippen LogP contribution in [0.1, 0.15) is 12.8 Å². The van der Waals surface area contributed by atoms with E-state index in [2.05, 4.69) is 36.4 Å². The first-order valence-electron chi connectivity index (χ1n) is 7.55. The predicted molar refractivity (Wildman–Crippen MR) is 93.7 cm³/mol. The van der Waals surface area contributed by atoms with E-state index in [1.165, 1.54) is 0 Å². The summed E-state index contributed by atoms with van der Waals surface area (Å²) < 4.78 is 3.99. The molecular weight excluding hydrogens is 392 g/mol. The van der Waals surface area contributed by atoms with Crippen molar-refractivity contribution >= 4 is 39.1 Å². The van der Waals surface area contributed by atoms with Crippen LogP contribution in [0.4, 0.5) is 11.6 Å². The van der Waals surface area contributed by atoms with E-state index in [0.717, 1.165) is 11.1 Å². The number of hydrogen-bond acceptors (Lipinski definition) is 6. The van der Waals surface area contributed by atoms with Gasteiger partial charge in [0.15, 0.2) is 12.7 Å². The van der Waals surface area contributed by atoms with Gasteiger partial charge in [-0.1, -0.05) is 0 Å². The predicted octanol–water partition coefficient (Wildman–Crippen LogP) is 0.591. The molecule has 3 aromatic heterocycles. The third kappa shape index (κ3) is 3.42. The molecule has 0 aromatic carbocycles. The topological polar surface area (TPSA) is 137 Å². The highest BCUT2D eigenvalue weighted by Gasteiger charge is 2.18. The van der Waals surface area contributed by atoms with Crippen LogP contribution in [-0.4, -0.2) is 37.4 Å². The number of anilines is 2. The number of carbonyl (C=O) groups is 1. The fraction of sp³-hybridized carbons (Fsp3) is 0.286. The molecule has 3 aromatic rings. The Hall–Kier alpha value is -2.66. The summed E-state index contributed by atoms with van der Waals surface area (Å²) in [5, 5.41) is 19.0. The van der Waals surface area contributed by atoms with Crippen LogP contribution >= 0.6 is 15.9 Å². The first-order valence-corrected chi connectivity index (χ1v) is 8.34. The summed E-state index contributed by atoms with van der Waals surface area (Å²) >= 11 is 3.43. The van der Waals surface area contributed by atoms with Crippen molar-refractivity contribution in [3.05, 3.63) is 23.1 Å². The third-order valence-electron chi connectivity index (χ3n) is 3.69. The van der Waals surface area contributed by atoms with Gasteiger partial charge in [-0.3, -0.25) is 10.0 Å². The molecule has 6 N–H and O–H groups in total. The Morgan fingerprint density at radius 2 is 2.36 bits per heavy atom. The number of nitrogens with two attached hydrogens (primary N) is 1. The number of nitrogen functional groups attached to an aromatic ring is 1. The second kappa shape index (κ2) is 7.07. The summed E-state index contributed by atoms with van der Waals surface area (Å²) in [7, 11) is 1.89. The number of aromatic amines is 1. The Kier molecular flexibility index (Phi) is 4.86. The van der Waals surface area contributed by atoms with Gasteiger partial charge in [0.1, 0.15) is 16.1 Å². The van der Waals surface area contributed by atoms with E-state index in [1.807, 2.05) is 24.1 Å². The lowest BCUT2D eigenvalue weighted by Gasteiger charge is -2.10. The summed E-state index contributed by atoms with van der Waals surface area (Å²) in [6, 6.07) is 0. The van der Waals surface area contributed by atoms with Crippen molar-refractivity contribution < 1.29 is 14.7 Å². The molecule has 0 aliphatic heterocycles. The van der Waals surface area contributed by atoms with Gasteiger partial charge in [0.25, 0.3) is 0 Å². The smallest absolute Gasteiger partial charge is 0.243 e. The maximum absolute atomic E-state index is 11.0. The van der Waals surface area contributed by atoms with E-state index < -0.39 is 5.91 Å². The molecule has 0 saturated heterocycles. The number of fused-ring (bicyclic) bond motifs is 1. The van der Waals surface area contributed by atoms with Gasteiger partial charge in [0, 0.05) is 13.0 Å². The summed E-state index contributed by atoms with van der Waals surface area (Å²) in [4.78, 5) is 15.6. The lowest BCUT2D eigenvalue weighted by atomic mass is 10.2. The van der Waals surface area contributed by atoms with Crippen LogP contribution in [0.2, 0.25) is 0 Å². The number of carbonyl (C=O) groups excluding carboxylic acids is 1. The Labute approximate surface area is 151 Å². The number of rotatable bonds is 6. The highest BCUT2D eigenvalue weighted by atomic mass is 79.9. The average Bonchev–Trinajstić information content (AvgIpc) is 3.21. The van der Waals surface area contributed by atoms with Crippen LogP contribution < -0.4 is 21.2 Å². The summed E-state index contributed by atoms with van der Waals surface area (Å²) in [6.07, 6.45) is 6.24. The fourth-order valence-electron chi connectivity index (χ4n) is 2.43. The monoisotopic (exact) mass is 409 g/mol. The van der Waals surface area contributed by atoms with Crippen LogP contribution in [0.15, 0.2) is 23.1 Å². The molecule has 10 nitrogen and oxygen atoms in total. The zero-order valence-corrected chi connectivity index (χ0v) is 15.0. The molecule has 0 aliphatic carbocycles. The van der Waals surface area contributed by atoms with Crippen molar-refractivity contribution in [1.29, 1.82) is 0 Å². The highest BCUT2D eigenvalue weighted by molar-refractivity contribution is 9.10. The summed E-state index contributed by atoms with van der Waals surface area (Å²) in [5.74, 6) is 0.560. The lowest BCUT2D eigenvalue weighted by Crippen LogP contribution is -2.27. The van der Waals surface area contributed by atoms with Crippen LogP contribution in [-0.2, 0) is 11.8 Å². The van der Waals surface area contributed by atoms with Gasteiger partial charge < -0.3 is 11.1 Å². The van der Waals surface area contributed by atoms with Crippen molar-refractivity contribution in [2.75, 3.05) is 17.6 Å². The normalized spacial score (nSPS) is 11.0. The van der Waals surface area contributed by atoms with Crippen molar-refractivity contribution in [2.24, 2.45) is 7.05 Å². The van der Waals surface area contributed by atoms with Gasteiger partial charge >= 0.3 is 0 Å². The quantitative estimate of drug-likeness (QED) is 0.175. The minimum atomic E-state index is -0.429. The number of H-pyrrole nitrogens is 1. The lowest BCUT2D eigenvalue weighted by molar-refractivity contribution is -0.726. The number of hydroxylamine groups is 1. The average molecular weight is 410 g/mol. The number of halogens is 1. The van der Waals surface area contributed by atoms with E-state index in [1.54, 1.807) is 16.2 Å². The van der Waals surface area contributed by atoms with Gasteiger partial charge in [-0.15, -0.1) is 4.68 Å². The Bertz CT molecular complexity index is 919. The molecule has 132 valence electrons. The van der Waals surface area contributed by atoms with E-state index >= 15 is 0 Å². The molecular formula is C14H18BrN8O2+. The minimum absolute atomic E-state index is 0.205. The molecule has 0 atom stereocenters. The van der Waals surface area contributed by atoms with Crippen LogP contribution in [0, 0.1) is 0 Å². The van der Waals surface area contributed by atoms with Crippen LogP contribution in [0.25, 0.3) is 16.8 Å². The number of nitrogens with one attached hydrogen (secondary N) is 3. The van der Waals surface area contributed by atoms with Crippen LogP contribution in [0.3, 0.4) is 0 Å². The van der Waals surface area contributed by atoms with E-state index in [0.29, 0.717) is 34.7 Å².